The number of benzene rings is 1. The topological polar surface area (TPSA) is 155 Å². The van der Waals surface area contributed by atoms with Crippen LogP contribution in [0.3, 0.4) is 0 Å². The van der Waals surface area contributed by atoms with Crippen LogP contribution in [0.1, 0.15) is 5.56 Å². The lowest BCUT2D eigenvalue weighted by Gasteiger charge is -2.36. The Labute approximate surface area is 161 Å². The zero-order valence-corrected chi connectivity index (χ0v) is 15.0. The predicted molar refractivity (Wildman–Crippen MR) is 95.3 cm³/mol. The van der Waals surface area contributed by atoms with Crippen molar-refractivity contribution in [2.24, 2.45) is 5.73 Å². The van der Waals surface area contributed by atoms with E-state index in [2.05, 4.69) is 5.32 Å². The summed E-state index contributed by atoms with van der Waals surface area (Å²) in [5.74, 6) is -0.839. The second kappa shape index (κ2) is 8.25. The van der Waals surface area contributed by atoms with Crippen LogP contribution < -0.4 is 11.1 Å². The van der Waals surface area contributed by atoms with Crippen molar-refractivity contribution in [1.82, 2.24) is 10.2 Å². The predicted octanol–water partition coefficient (Wildman–Crippen LogP) is -1.59. The smallest absolute Gasteiger partial charge is 0.351 e. The van der Waals surface area contributed by atoms with E-state index in [1.54, 1.807) is 0 Å². The highest BCUT2D eigenvalue weighted by molar-refractivity contribution is 5.90. The molecule has 1 fully saturated rings. The molecule has 6 N–H and O–H groups in total. The average Bonchev–Trinajstić information content (AvgIpc) is 2.97. The molecule has 0 aromatic heterocycles. The molecule has 0 bridgehead atoms. The van der Waals surface area contributed by atoms with Crippen molar-refractivity contribution < 1.29 is 34.4 Å². The number of amides is 2. The van der Waals surface area contributed by atoms with Gasteiger partial charge in [-0.25, -0.2) is 9.59 Å². The summed E-state index contributed by atoms with van der Waals surface area (Å²) in [4.78, 5) is 25.6. The van der Waals surface area contributed by atoms with Gasteiger partial charge in [-0.2, -0.15) is 0 Å². The van der Waals surface area contributed by atoms with E-state index in [4.69, 9.17) is 20.3 Å². The lowest BCUT2D eigenvalue weighted by atomic mass is 10.1. The molecule has 0 radical (unpaired) electrons. The molecule has 2 aliphatic rings. The number of hydrogen-bond donors (Lipinski definition) is 5. The van der Waals surface area contributed by atoms with Crippen LogP contribution in [0.5, 0.6) is 0 Å². The molecule has 10 nitrogen and oxygen atoms in total. The number of nitrogens with one attached hydrogen (secondary N) is 1. The number of rotatable bonds is 6. The molecule has 2 heterocycles. The third kappa shape index (κ3) is 4.01. The fourth-order valence-corrected chi connectivity index (χ4v) is 3.00. The Morgan fingerprint density at radius 2 is 2.00 bits per heavy atom. The van der Waals surface area contributed by atoms with Crippen molar-refractivity contribution in [2.75, 3.05) is 13.2 Å². The number of carbonyl (C=O) groups excluding carboxylic acids is 2. The molecule has 3 rings (SSSR count). The van der Waals surface area contributed by atoms with Crippen molar-refractivity contribution in [3.63, 3.8) is 0 Å². The first-order chi connectivity index (χ1) is 13.4. The number of urea groups is 1. The molecule has 0 aliphatic carbocycles. The lowest BCUT2D eigenvalue weighted by Crippen LogP contribution is -2.66. The van der Waals surface area contributed by atoms with E-state index < -0.39 is 48.8 Å². The maximum absolute atomic E-state index is 12.4. The number of ether oxygens (including phenoxy) is 2. The Morgan fingerprint density at radius 1 is 1.29 bits per heavy atom. The minimum absolute atomic E-state index is 0.0873. The highest BCUT2D eigenvalue weighted by Gasteiger charge is 2.49. The highest BCUT2D eigenvalue weighted by atomic mass is 16.6. The van der Waals surface area contributed by atoms with Crippen LogP contribution >= 0.6 is 0 Å². The van der Waals surface area contributed by atoms with Gasteiger partial charge in [-0.3, -0.25) is 10.6 Å². The summed E-state index contributed by atoms with van der Waals surface area (Å²) in [5.41, 5.74) is 5.05. The van der Waals surface area contributed by atoms with Crippen molar-refractivity contribution >= 4 is 12.0 Å². The Kier molecular flexibility index (Phi) is 5.96. The van der Waals surface area contributed by atoms with Gasteiger partial charge in [0, 0.05) is 12.6 Å². The molecule has 1 aromatic rings. The molecule has 28 heavy (non-hydrogen) atoms. The van der Waals surface area contributed by atoms with Crippen LogP contribution in [0.2, 0.25) is 0 Å². The third-order valence-corrected chi connectivity index (χ3v) is 4.64. The zero-order valence-electron chi connectivity index (χ0n) is 15.0. The SMILES string of the molecule is NC1(C(=O)OCCc2ccccc2)C=CN([C@@H]2O[C@H](CO)[C@@H](O)[C@H]2O)C(=O)N1. The van der Waals surface area contributed by atoms with E-state index in [9.17, 15) is 19.8 Å². The Morgan fingerprint density at radius 3 is 2.61 bits per heavy atom. The summed E-state index contributed by atoms with van der Waals surface area (Å²) < 4.78 is 10.5. The van der Waals surface area contributed by atoms with Gasteiger partial charge >= 0.3 is 12.0 Å². The van der Waals surface area contributed by atoms with Gasteiger partial charge < -0.3 is 30.1 Å². The quantitative estimate of drug-likeness (QED) is 0.362. The number of nitrogens with two attached hydrogens (primary N) is 1. The van der Waals surface area contributed by atoms with E-state index in [0.717, 1.165) is 10.5 Å². The Bertz CT molecular complexity index is 744. The molecule has 10 heteroatoms. The van der Waals surface area contributed by atoms with Gasteiger partial charge in [0.15, 0.2) is 6.23 Å². The zero-order chi connectivity index (χ0) is 20.3. The number of nitrogens with zero attached hydrogens (tertiary/aromatic N) is 1. The molecule has 0 saturated carbocycles. The number of aliphatic hydroxyl groups is 3. The summed E-state index contributed by atoms with van der Waals surface area (Å²) >= 11 is 0. The van der Waals surface area contributed by atoms with Crippen LogP contribution in [0, 0.1) is 0 Å². The van der Waals surface area contributed by atoms with Gasteiger partial charge in [-0.05, 0) is 11.6 Å². The Balaban J connectivity index is 1.61. The summed E-state index contributed by atoms with van der Waals surface area (Å²) in [7, 11) is 0. The maximum Gasteiger partial charge on any atom is 0.351 e. The first-order valence-electron chi connectivity index (χ1n) is 8.78. The van der Waals surface area contributed by atoms with Crippen LogP contribution in [-0.2, 0) is 20.7 Å². The maximum atomic E-state index is 12.4. The first kappa shape index (κ1) is 20.2. The van der Waals surface area contributed by atoms with E-state index >= 15 is 0 Å². The minimum Gasteiger partial charge on any atom is -0.462 e. The fraction of sp³-hybridized carbons (Fsp3) is 0.444. The molecule has 152 valence electrons. The highest BCUT2D eigenvalue weighted by Crippen LogP contribution is 2.26. The van der Waals surface area contributed by atoms with Crippen molar-refractivity contribution in [2.45, 2.75) is 36.6 Å². The molecular weight excluding hydrogens is 370 g/mol. The van der Waals surface area contributed by atoms with E-state index in [-0.39, 0.29) is 6.61 Å². The molecule has 1 saturated heterocycles. The summed E-state index contributed by atoms with van der Waals surface area (Å²) in [6, 6.07) is 8.60. The number of aliphatic hydroxyl groups excluding tert-OH is 3. The van der Waals surface area contributed by atoms with E-state index in [1.165, 1.54) is 12.3 Å². The minimum atomic E-state index is -1.87. The van der Waals surface area contributed by atoms with Gasteiger partial charge in [-0.1, -0.05) is 30.3 Å². The molecule has 2 aliphatic heterocycles. The van der Waals surface area contributed by atoms with Crippen LogP contribution in [0.15, 0.2) is 42.6 Å². The molecular formula is C18H23N3O7. The van der Waals surface area contributed by atoms with Crippen molar-refractivity contribution in [3.05, 3.63) is 48.2 Å². The molecule has 1 aromatic carbocycles. The standard InChI is InChI=1S/C18H23N3O7/c19-18(16(25)27-9-6-11-4-2-1-3-5-11)7-8-21(17(26)20-18)15-14(24)13(23)12(10-22)28-15/h1-5,7-8,12-15,22-24H,6,9-10,19H2,(H,20,26)/t12-,13-,14-,15-,18?/m1/s1. The van der Waals surface area contributed by atoms with Gasteiger partial charge in [-0.15, -0.1) is 0 Å². The largest absolute Gasteiger partial charge is 0.462 e. The van der Waals surface area contributed by atoms with Crippen LogP contribution in [0.25, 0.3) is 0 Å². The van der Waals surface area contributed by atoms with Crippen molar-refractivity contribution in [3.8, 4) is 0 Å². The normalized spacial score (nSPS) is 32.3. The summed E-state index contributed by atoms with van der Waals surface area (Å²) in [6.07, 6.45) is -2.18. The molecule has 2 amide bonds. The van der Waals surface area contributed by atoms with E-state index in [0.29, 0.717) is 6.42 Å². The second-order valence-electron chi connectivity index (χ2n) is 6.62. The molecule has 5 atom stereocenters. The average molecular weight is 393 g/mol. The van der Waals surface area contributed by atoms with Crippen LogP contribution in [0.4, 0.5) is 4.79 Å². The van der Waals surface area contributed by atoms with Gasteiger partial charge in [0.05, 0.1) is 13.2 Å². The van der Waals surface area contributed by atoms with Crippen LogP contribution in [-0.4, -0.2) is 75.6 Å². The van der Waals surface area contributed by atoms with E-state index in [1.807, 2.05) is 30.3 Å². The van der Waals surface area contributed by atoms with Gasteiger partial charge in [0.2, 0.25) is 5.66 Å². The number of carbonyl (C=O) groups is 2. The fourth-order valence-electron chi connectivity index (χ4n) is 3.00. The van der Waals surface area contributed by atoms with Gasteiger partial charge in [0.1, 0.15) is 18.3 Å². The summed E-state index contributed by atoms with van der Waals surface area (Å²) in [5, 5.41) is 31.3. The summed E-state index contributed by atoms with van der Waals surface area (Å²) in [6.45, 7) is -0.438. The second-order valence-corrected chi connectivity index (χ2v) is 6.62. The number of hydrogen-bond acceptors (Lipinski definition) is 8. The lowest BCUT2D eigenvalue weighted by molar-refractivity contribution is -0.149. The third-order valence-electron chi connectivity index (χ3n) is 4.64. The molecule has 1 unspecified atom stereocenters. The van der Waals surface area contributed by atoms with Gasteiger partial charge in [0.25, 0.3) is 0 Å². The monoisotopic (exact) mass is 393 g/mol. The molecule has 0 spiro atoms. The first-order valence-corrected chi connectivity index (χ1v) is 8.78. The number of esters is 1. The van der Waals surface area contributed by atoms with Crippen molar-refractivity contribution in [1.29, 1.82) is 0 Å². The Hall–Kier alpha value is -2.50.